The third kappa shape index (κ3) is 17.4. The number of rotatable bonds is 27. The van der Waals surface area contributed by atoms with E-state index < -0.39 is 0 Å². The molecule has 0 aromatic carbocycles. The first-order valence-corrected chi connectivity index (χ1v) is 16.7. The maximum absolute atomic E-state index is 12.3. The molecule has 2 amide bonds. The van der Waals surface area contributed by atoms with Crippen molar-refractivity contribution in [1.29, 1.82) is 0 Å². The molecule has 1 atom stereocenters. The number of likely N-dealkylation sites (N-methyl/N-ethyl adjacent to an activating group) is 2. The predicted octanol–water partition coefficient (Wildman–Crippen LogP) is 6.78. The van der Waals surface area contributed by atoms with Crippen LogP contribution in [-0.2, 0) is 9.59 Å². The van der Waals surface area contributed by atoms with Gasteiger partial charge in [0.15, 0.2) is 6.67 Å². The van der Waals surface area contributed by atoms with Crippen LogP contribution in [0, 0.1) is 0 Å². The Morgan fingerprint density at radius 1 is 0.763 bits per heavy atom. The van der Waals surface area contributed by atoms with Crippen LogP contribution in [0.2, 0.25) is 0 Å². The summed E-state index contributed by atoms with van der Waals surface area (Å²) in [5, 5.41) is 6.61. The summed E-state index contributed by atoms with van der Waals surface area (Å²) in [6.45, 7) is 14.1. The maximum Gasteiger partial charge on any atom is 0.226 e. The van der Waals surface area contributed by atoms with Crippen molar-refractivity contribution in [2.45, 2.75) is 143 Å². The molecule has 6 heteroatoms. The number of hydrogen-bond donors (Lipinski definition) is 2. The Hall–Kier alpha value is -1.14. The molecule has 0 aliphatic carbocycles. The molecule has 0 bridgehead atoms. The molecule has 1 aliphatic rings. The monoisotopic (exact) mass is 538 g/mol. The Balaban J connectivity index is 2.05. The first-order valence-electron chi connectivity index (χ1n) is 16.7. The van der Waals surface area contributed by atoms with E-state index in [-0.39, 0.29) is 5.91 Å². The number of carbonyl (C=O) groups is 2. The van der Waals surface area contributed by atoms with Crippen molar-refractivity contribution in [3.05, 3.63) is 0 Å². The van der Waals surface area contributed by atoms with Gasteiger partial charge in [0.25, 0.3) is 0 Å². The van der Waals surface area contributed by atoms with Crippen molar-refractivity contribution >= 4 is 11.8 Å². The molecule has 1 rings (SSSR count). The molecule has 0 saturated carbocycles. The summed E-state index contributed by atoms with van der Waals surface area (Å²) in [6.07, 6.45) is 23.6. The summed E-state index contributed by atoms with van der Waals surface area (Å²) in [6, 6.07) is 0. The van der Waals surface area contributed by atoms with Gasteiger partial charge in [-0.25, -0.2) is 0 Å². The van der Waals surface area contributed by atoms with Gasteiger partial charge in [0, 0.05) is 38.9 Å². The van der Waals surface area contributed by atoms with Gasteiger partial charge in [-0.3, -0.25) is 14.5 Å². The van der Waals surface area contributed by atoms with Crippen LogP contribution < -0.4 is 10.6 Å². The van der Waals surface area contributed by atoms with Crippen molar-refractivity contribution in [3.63, 3.8) is 0 Å². The molecule has 0 spiro atoms. The molecule has 2 N–H and O–H groups in total. The number of hydrogen-bond acceptors (Lipinski definition) is 3. The van der Waals surface area contributed by atoms with Crippen LogP contribution in [0.1, 0.15) is 143 Å². The van der Waals surface area contributed by atoms with Gasteiger partial charge in [0.2, 0.25) is 11.8 Å². The fourth-order valence-electron chi connectivity index (χ4n) is 5.77. The molecule has 1 unspecified atom stereocenters. The zero-order chi connectivity index (χ0) is 27.7. The van der Waals surface area contributed by atoms with Gasteiger partial charge in [-0.05, 0) is 26.3 Å². The summed E-state index contributed by atoms with van der Waals surface area (Å²) in [5.41, 5.74) is 0. The SMILES string of the molecule is CCCCCCCCCCCCCCCCCC(=O)NCCC[N+](CC)(CCNCC)CN1CCCC1=O. The second kappa shape index (κ2) is 23.7. The number of likely N-dealkylation sites (tertiary alicyclic amines) is 1. The number of nitrogens with one attached hydrogen (secondary N) is 2. The van der Waals surface area contributed by atoms with Crippen molar-refractivity contribution in [3.8, 4) is 0 Å². The third-order valence-corrected chi connectivity index (χ3v) is 8.46. The molecule has 6 nitrogen and oxygen atoms in total. The third-order valence-electron chi connectivity index (χ3n) is 8.46. The van der Waals surface area contributed by atoms with Crippen LogP contribution in [0.5, 0.6) is 0 Å². The summed E-state index contributed by atoms with van der Waals surface area (Å²) in [4.78, 5) is 26.6. The molecule has 1 saturated heterocycles. The average molecular weight is 538 g/mol. The molecular weight excluding hydrogens is 472 g/mol. The molecule has 224 valence electrons. The predicted molar refractivity (Wildman–Crippen MR) is 162 cm³/mol. The van der Waals surface area contributed by atoms with Gasteiger partial charge in [-0.15, -0.1) is 0 Å². The second-order valence-corrected chi connectivity index (χ2v) is 11.8. The number of amides is 2. The average Bonchev–Trinajstić information content (AvgIpc) is 3.32. The van der Waals surface area contributed by atoms with E-state index in [1.807, 2.05) is 0 Å². The molecule has 0 radical (unpaired) electrons. The Morgan fingerprint density at radius 3 is 1.84 bits per heavy atom. The van der Waals surface area contributed by atoms with E-state index in [4.69, 9.17) is 0 Å². The van der Waals surface area contributed by atoms with E-state index in [2.05, 4.69) is 36.3 Å². The highest BCUT2D eigenvalue weighted by molar-refractivity contribution is 5.77. The second-order valence-electron chi connectivity index (χ2n) is 11.8. The summed E-state index contributed by atoms with van der Waals surface area (Å²) >= 11 is 0. The standard InChI is InChI=1S/C32H64N4O2/c1-4-7-8-9-10-11-12-13-14-15-16-17-18-19-20-23-31(37)34-25-22-28-36(6-3,29-26-33-5-2)30-35-27-21-24-32(35)38/h33H,4-30H2,1-3H3/p+1. The van der Waals surface area contributed by atoms with Crippen molar-refractivity contribution in [1.82, 2.24) is 15.5 Å². The van der Waals surface area contributed by atoms with Crippen molar-refractivity contribution in [2.75, 3.05) is 52.5 Å². The smallest absolute Gasteiger partial charge is 0.226 e. The topological polar surface area (TPSA) is 61.4 Å². The Labute approximate surface area is 236 Å². The minimum Gasteiger partial charge on any atom is -0.356 e. The Bertz CT molecular complexity index is 586. The normalized spacial score (nSPS) is 15.2. The number of carbonyl (C=O) groups excluding carboxylic acids is 2. The van der Waals surface area contributed by atoms with E-state index in [1.165, 1.54) is 89.9 Å². The lowest BCUT2D eigenvalue weighted by molar-refractivity contribution is -0.933. The quantitative estimate of drug-likeness (QED) is 0.0897. The van der Waals surface area contributed by atoms with Crippen LogP contribution in [0.25, 0.3) is 0 Å². The van der Waals surface area contributed by atoms with E-state index >= 15 is 0 Å². The van der Waals surface area contributed by atoms with E-state index in [0.29, 0.717) is 18.7 Å². The molecular formula is C32H65N4O2+. The van der Waals surface area contributed by atoms with Gasteiger partial charge < -0.3 is 15.1 Å². The van der Waals surface area contributed by atoms with Crippen molar-refractivity contribution < 1.29 is 14.1 Å². The molecule has 38 heavy (non-hydrogen) atoms. The lowest BCUT2D eigenvalue weighted by atomic mass is 10.0. The highest BCUT2D eigenvalue weighted by atomic mass is 16.2. The van der Waals surface area contributed by atoms with Crippen LogP contribution in [0.15, 0.2) is 0 Å². The lowest BCUT2D eigenvalue weighted by Gasteiger charge is -2.40. The molecule has 1 heterocycles. The first-order chi connectivity index (χ1) is 18.6. The Kier molecular flexibility index (Phi) is 21.8. The lowest BCUT2D eigenvalue weighted by Crippen LogP contribution is -2.57. The van der Waals surface area contributed by atoms with Crippen LogP contribution in [-0.4, -0.2) is 73.7 Å². The number of unbranched alkanes of at least 4 members (excludes halogenated alkanes) is 14. The fraction of sp³-hybridized carbons (Fsp3) is 0.938. The van der Waals surface area contributed by atoms with Crippen LogP contribution >= 0.6 is 0 Å². The van der Waals surface area contributed by atoms with E-state index in [1.54, 1.807) is 0 Å². The minimum atomic E-state index is 0.205. The van der Waals surface area contributed by atoms with Gasteiger partial charge in [0.05, 0.1) is 19.6 Å². The maximum atomic E-state index is 12.3. The highest BCUT2D eigenvalue weighted by Gasteiger charge is 2.32. The Morgan fingerprint density at radius 2 is 1.34 bits per heavy atom. The summed E-state index contributed by atoms with van der Waals surface area (Å²) in [7, 11) is 0. The fourth-order valence-corrected chi connectivity index (χ4v) is 5.77. The summed E-state index contributed by atoms with van der Waals surface area (Å²) < 4.78 is 0.924. The van der Waals surface area contributed by atoms with E-state index in [0.717, 1.165) is 76.2 Å². The molecule has 0 aromatic heterocycles. The van der Waals surface area contributed by atoms with Crippen LogP contribution in [0.4, 0.5) is 0 Å². The number of quaternary nitrogens is 1. The van der Waals surface area contributed by atoms with Crippen LogP contribution in [0.3, 0.4) is 0 Å². The zero-order valence-electron chi connectivity index (χ0n) is 25.8. The minimum absolute atomic E-state index is 0.205. The van der Waals surface area contributed by atoms with Gasteiger partial charge in [-0.2, -0.15) is 0 Å². The zero-order valence-corrected chi connectivity index (χ0v) is 25.8. The molecule has 0 aromatic rings. The first kappa shape index (κ1) is 34.9. The number of nitrogens with zero attached hydrogens (tertiary/aromatic N) is 2. The van der Waals surface area contributed by atoms with E-state index in [9.17, 15) is 9.59 Å². The van der Waals surface area contributed by atoms with Crippen molar-refractivity contribution in [2.24, 2.45) is 0 Å². The summed E-state index contributed by atoms with van der Waals surface area (Å²) in [5.74, 6) is 0.512. The largest absolute Gasteiger partial charge is 0.356 e. The van der Waals surface area contributed by atoms with Gasteiger partial charge in [-0.1, -0.05) is 104 Å². The van der Waals surface area contributed by atoms with Gasteiger partial charge in [0.1, 0.15) is 0 Å². The highest BCUT2D eigenvalue weighted by Crippen LogP contribution is 2.17. The molecule has 1 fully saturated rings. The van der Waals surface area contributed by atoms with Gasteiger partial charge >= 0.3 is 0 Å². The molecule has 1 aliphatic heterocycles.